The van der Waals surface area contributed by atoms with Crippen molar-refractivity contribution in [3.8, 4) is 0 Å². The molecule has 0 amide bonds. The minimum atomic E-state index is -2.48. The predicted molar refractivity (Wildman–Crippen MR) is 91.1 cm³/mol. The third-order valence-corrected chi connectivity index (χ3v) is 6.89. The molecule has 1 aliphatic rings. The van der Waals surface area contributed by atoms with Crippen LogP contribution in [0.2, 0.25) is 6.04 Å². The van der Waals surface area contributed by atoms with Crippen LogP contribution in [0.5, 0.6) is 0 Å². The van der Waals surface area contributed by atoms with Crippen LogP contribution in [0, 0.1) is 0 Å². The van der Waals surface area contributed by atoms with Gasteiger partial charge in [-0.05, 0) is 46.7 Å². The van der Waals surface area contributed by atoms with Crippen LogP contribution in [0.15, 0.2) is 0 Å². The molecule has 132 valence electrons. The largest absolute Gasteiger partial charge is 0.500 e. The van der Waals surface area contributed by atoms with Crippen molar-refractivity contribution in [2.45, 2.75) is 59.1 Å². The van der Waals surface area contributed by atoms with Crippen LogP contribution < -0.4 is 0 Å². The van der Waals surface area contributed by atoms with Gasteiger partial charge in [0.2, 0.25) is 0 Å². The van der Waals surface area contributed by atoms with Crippen molar-refractivity contribution in [2.24, 2.45) is 0 Å². The zero-order valence-electron chi connectivity index (χ0n) is 14.9. The summed E-state index contributed by atoms with van der Waals surface area (Å²) in [5.41, 5.74) is 0. The lowest BCUT2D eigenvalue weighted by atomic mass is 10.3. The van der Waals surface area contributed by atoms with Crippen LogP contribution in [0.1, 0.15) is 47.0 Å². The molecule has 0 aliphatic carbocycles. The molecule has 0 N–H and O–H groups in total. The molecule has 1 fully saturated rings. The van der Waals surface area contributed by atoms with E-state index in [9.17, 15) is 0 Å². The lowest BCUT2D eigenvalue weighted by Gasteiger charge is -2.29. The fourth-order valence-electron chi connectivity index (χ4n) is 2.66. The van der Waals surface area contributed by atoms with Gasteiger partial charge in [-0.2, -0.15) is 0 Å². The summed E-state index contributed by atoms with van der Waals surface area (Å²) in [5, 5.41) is 0. The standard InChI is InChI=1S/C16H35NO4Si/c1-5-9-11-17(14-16-15-18-16)12-10-13-22(19-6-2,20-7-3)21-8-4/h16H,5-15H2,1-4H3. The van der Waals surface area contributed by atoms with Crippen LogP contribution in [0.3, 0.4) is 0 Å². The molecular weight excluding hydrogens is 298 g/mol. The molecule has 1 aliphatic heterocycles. The number of rotatable bonds is 15. The molecule has 1 saturated heterocycles. The van der Waals surface area contributed by atoms with Crippen molar-refractivity contribution in [3.05, 3.63) is 0 Å². The molecule has 22 heavy (non-hydrogen) atoms. The highest BCUT2D eigenvalue weighted by Gasteiger charge is 2.39. The van der Waals surface area contributed by atoms with Gasteiger partial charge >= 0.3 is 8.80 Å². The van der Waals surface area contributed by atoms with Gasteiger partial charge in [-0.1, -0.05) is 13.3 Å². The summed E-state index contributed by atoms with van der Waals surface area (Å²) in [6, 6.07) is 0.899. The minimum Gasteiger partial charge on any atom is -0.374 e. The highest BCUT2D eigenvalue weighted by Crippen LogP contribution is 2.19. The number of hydrogen-bond acceptors (Lipinski definition) is 5. The van der Waals surface area contributed by atoms with Gasteiger partial charge in [0.25, 0.3) is 0 Å². The minimum absolute atomic E-state index is 0.463. The Labute approximate surface area is 137 Å². The zero-order valence-corrected chi connectivity index (χ0v) is 15.9. The molecule has 0 bridgehead atoms. The molecule has 1 heterocycles. The number of unbranched alkanes of at least 4 members (excludes halogenated alkanes) is 1. The first kappa shape index (κ1) is 20.1. The first-order valence-corrected chi connectivity index (χ1v) is 10.9. The monoisotopic (exact) mass is 333 g/mol. The molecular formula is C16H35NO4Si. The fourth-order valence-corrected chi connectivity index (χ4v) is 5.25. The Balaban J connectivity index is 2.42. The highest BCUT2D eigenvalue weighted by atomic mass is 28.4. The first-order chi connectivity index (χ1) is 10.7. The maximum atomic E-state index is 5.92. The molecule has 0 aromatic heterocycles. The Kier molecular flexibility index (Phi) is 10.5. The number of nitrogens with zero attached hydrogens (tertiary/aromatic N) is 1. The molecule has 0 radical (unpaired) electrons. The molecule has 6 heteroatoms. The van der Waals surface area contributed by atoms with Crippen LogP contribution in [0.25, 0.3) is 0 Å². The number of hydrogen-bond donors (Lipinski definition) is 0. The normalized spacial score (nSPS) is 18.1. The maximum Gasteiger partial charge on any atom is 0.500 e. The van der Waals surface area contributed by atoms with E-state index in [1.165, 1.54) is 12.8 Å². The number of epoxide rings is 1. The Morgan fingerprint density at radius 1 is 0.955 bits per heavy atom. The van der Waals surface area contributed by atoms with E-state index in [4.69, 9.17) is 18.0 Å². The van der Waals surface area contributed by atoms with Crippen LogP contribution >= 0.6 is 0 Å². The Hall–Kier alpha value is 0.0169. The van der Waals surface area contributed by atoms with Gasteiger partial charge in [-0.25, -0.2) is 0 Å². The van der Waals surface area contributed by atoms with Crippen molar-refractivity contribution < 1.29 is 18.0 Å². The van der Waals surface area contributed by atoms with E-state index in [0.29, 0.717) is 25.9 Å². The number of ether oxygens (including phenoxy) is 1. The lowest BCUT2D eigenvalue weighted by molar-refractivity contribution is 0.0698. The van der Waals surface area contributed by atoms with E-state index in [1.807, 2.05) is 20.8 Å². The van der Waals surface area contributed by atoms with Gasteiger partial charge in [-0.15, -0.1) is 0 Å². The first-order valence-electron chi connectivity index (χ1n) is 8.95. The smallest absolute Gasteiger partial charge is 0.374 e. The summed E-state index contributed by atoms with van der Waals surface area (Å²) in [6.45, 7) is 14.5. The summed E-state index contributed by atoms with van der Waals surface area (Å²) in [6.07, 6.45) is 4.00. The van der Waals surface area contributed by atoms with E-state index in [0.717, 1.165) is 38.7 Å². The SMILES string of the molecule is CCCCN(CCC[Si](OCC)(OCC)OCC)CC1CO1. The van der Waals surface area contributed by atoms with Crippen LogP contribution in [-0.4, -0.2) is 65.9 Å². The second-order valence-electron chi connectivity index (χ2n) is 5.70. The second kappa shape index (κ2) is 11.5. The molecule has 1 unspecified atom stereocenters. The average molecular weight is 334 g/mol. The predicted octanol–water partition coefficient (Wildman–Crippen LogP) is 2.93. The van der Waals surface area contributed by atoms with Crippen molar-refractivity contribution >= 4 is 8.80 Å². The van der Waals surface area contributed by atoms with Crippen LogP contribution in [0.4, 0.5) is 0 Å². The fraction of sp³-hybridized carbons (Fsp3) is 1.00. The molecule has 0 aromatic carbocycles. The Bertz CT molecular complexity index is 260. The van der Waals surface area contributed by atoms with Gasteiger partial charge in [0.15, 0.2) is 0 Å². The molecule has 0 spiro atoms. The third-order valence-electron chi connectivity index (χ3n) is 3.74. The summed E-state index contributed by atoms with van der Waals surface area (Å²) in [5.74, 6) is 0. The summed E-state index contributed by atoms with van der Waals surface area (Å²) in [7, 11) is -2.48. The van der Waals surface area contributed by atoms with Gasteiger partial charge in [-0.3, -0.25) is 0 Å². The molecule has 0 aromatic rings. The van der Waals surface area contributed by atoms with Crippen molar-refractivity contribution in [1.82, 2.24) is 4.90 Å². The molecule has 1 atom stereocenters. The third kappa shape index (κ3) is 8.03. The van der Waals surface area contributed by atoms with Gasteiger partial charge < -0.3 is 22.9 Å². The van der Waals surface area contributed by atoms with Gasteiger partial charge in [0.1, 0.15) is 0 Å². The summed E-state index contributed by atoms with van der Waals surface area (Å²) in [4.78, 5) is 2.52. The van der Waals surface area contributed by atoms with E-state index in [2.05, 4.69) is 11.8 Å². The van der Waals surface area contributed by atoms with Crippen molar-refractivity contribution in [1.29, 1.82) is 0 Å². The summed E-state index contributed by atoms with van der Waals surface area (Å²) >= 11 is 0. The molecule has 1 rings (SSSR count). The molecule has 0 saturated carbocycles. The quantitative estimate of drug-likeness (QED) is 0.340. The van der Waals surface area contributed by atoms with Gasteiger partial charge in [0.05, 0.1) is 12.7 Å². The highest BCUT2D eigenvalue weighted by molar-refractivity contribution is 6.60. The molecule has 5 nitrogen and oxygen atoms in total. The lowest BCUT2D eigenvalue weighted by Crippen LogP contribution is -2.46. The average Bonchev–Trinajstić information content (AvgIpc) is 3.29. The summed E-state index contributed by atoms with van der Waals surface area (Å²) < 4.78 is 23.1. The van der Waals surface area contributed by atoms with E-state index < -0.39 is 8.80 Å². The Morgan fingerprint density at radius 2 is 1.50 bits per heavy atom. The topological polar surface area (TPSA) is 43.5 Å². The van der Waals surface area contributed by atoms with E-state index >= 15 is 0 Å². The van der Waals surface area contributed by atoms with Crippen LogP contribution in [-0.2, 0) is 18.0 Å². The Morgan fingerprint density at radius 3 is 1.95 bits per heavy atom. The zero-order chi connectivity index (χ0) is 16.3. The van der Waals surface area contributed by atoms with E-state index in [1.54, 1.807) is 0 Å². The van der Waals surface area contributed by atoms with Gasteiger partial charge in [0, 0.05) is 32.4 Å². The van der Waals surface area contributed by atoms with Crippen molar-refractivity contribution in [3.63, 3.8) is 0 Å². The van der Waals surface area contributed by atoms with E-state index in [-0.39, 0.29) is 0 Å². The van der Waals surface area contributed by atoms with Crippen molar-refractivity contribution in [2.75, 3.05) is 46.1 Å². The second-order valence-corrected chi connectivity index (χ2v) is 8.43. The maximum absolute atomic E-state index is 5.92.